The number of amides is 2. The first kappa shape index (κ1) is 17.6. The first-order chi connectivity index (χ1) is 12.5. The third-order valence-corrected chi connectivity index (χ3v) is 4.09. The molecule has 1 heterocycles. The zero-order chi connectivity index (χ0) is 18.7. The van der Waals surface area contributed by atoms with Crippen LogP contribution in [-0.2, 0) is 6.54 Å². The van der Waals surface area contributed by atoms with E-state index in [1.165, 1.54) is 11.0 Å². The monoisotopic (exact) mass is 354 g/mol. The Hall–Kier alpha value is -3.22. The number of rotatable bonds is 4. The Morgan fingerprint density at radius 1 is 1.27 bits per heavy atom. The quantitative estimate of drug-likeness (QED) is 0.753. The van der Waals surface area contributed by atoms with E-state index in [-0.39, 0.29) is 17.9 Å². The largest absolute Gasteiger partial charge is 0.322 e. The van der Waals surface area contributed by atoms with Gasteiger partial charge in [0.1, 0.15) is 11.6 Å². The fourth-order valence-electron chi connectivity index (χ4n) is 2.59. The fraction of sp³-hybridized carbons (Fsp3) is 0.211. The molecule has 26 heavy (non-hydrogen) atoms. The maximum absolute atomic E-state index is 13.6. The van der Waals surface area contributed by atoms with Crippen LogP contribution >= 0.6 is 0 Å². The highest BCUT2D eigenvalue weighted by Crippen LogP contribution is 2.15. The number of hydrogen-bond acceptors (Lipinski definition) is 3. The van der Waals surface area contributed by atoms with Gasteiger partial charge in [0.25, 0.3) is 5.56 Å². The zero-order valence-electron chi connectivity index (χ0n) is 14.5. The number of aromatic nitrogens is 2. The van der Waals surface area contributed by atoms with Crippen LogP contribution in [0.4, 0.5) is 14.9 Å². The van der Waals surface area contributed by atoms with Crippen LogP contribution in [0.5, 0.6) is 0 Å². The molecule has 2 N–H and O–H groups in total. The van der Waals surface area contributed by atoms with E-state index in [4.69, 9.17) is 0 Å². The number of halogens is 1. The molecule has 2 aromatic carbocycles. The van der Waals surface area contributed by atoms with E-state index in [2.05, 4.69) is 15.3 Å². The molecule has 0 atom stereocenters. The molecule has 3 rings (SSSR count). The topological polar surface area (TPSA) is 78.1 Å². The standard InChI is InChI=1S/C19H19FN4O2/c1-3-24(19(26)21-13-9-8-12(2)15(20)10-13)11-17-22-16-7-5-4-6-14(16)18(25)23-17/h4-10H,3,11H2,1-2H3,(H,21,26)(H,22,23,25). The molecular formula is C19H19FN4O2. The summed E-state index contributed by atoms with van der Waals surface area (Å²) < 4.78 is 13.6. The van der Waals surface area contributed by atoms with Crippen LogP contribution in [0.25, 0.3) is 10.9 Å². The molecular weight excluding hydrogens is 335 g/mol. The predicted molar refractivity (Wildman–Crippen MR) is 98.6 cm³/mol. The highest BCUT2D eigenvalue weighted by molar-refractivity contribution is 5.89. The second-order valence-corrected chi connectivity index (χ2v) is 5.94. The molecule has 0 unspecified atom stereocenters. The van der Waals surface area contributed by atoms with Gasteiger partial charge in [-0.1, -0.05) is 18.2 Å². The minimum absolute atomic E-state index is 0.136. The second-order valence-electron chi connectivity index (χ2n) is 5.94. The van der Waals surface area contributed by atoms with E-state index < -0.39 is 6.03 Å². The molecule has 0 saturated heterocycles. The summed E-state index contributed by atoms with van der Waals surface area (Å²) in [4.78, 5) is 33.2. The number of nitrogens with one attached hydrogen (secondary N) is 2. The molecule has 0 fully saturated rings. The maximum atomic E-state index is 13.6. The highest BCUT2D eigenvalue weighted by atomic mass is 19.1. The number of aryl methyl sites for hydroxylation is 1. The summed E-state index contributed by atoms with van der Waals surface area (Å²) in [5, 5.41) is 3.16. The molecule has 0 radical (unpaired) electrons. The third kappa shape index (κ3) is 3.72. The van der Waals surface area contributed by atoms with E-state index >= 15 is 0 Å². The van der Waals surface area contributed by atoms with Gasteiger partial charge < -0.3 is 15.2 Å². The fourth-order valence-corrected chi connectivity index (χ4v) is 2.59. The van der Waals surface area contributed by atoms with Crippen LogP contribution in [0.15, 0.2) is 47.3 Å². The molecule has 2 amide bonds. The van der Waals surface area contributed by atoms with Crippen molar-refractivity contribution in [3.63, 3.8) is 0 Å². The van der Waals surface area contributed by atoms with Crippen molar-refractivity contribution in [3.8, 4) is 0 Å². The number of carbonyl (C=O) groups is 1. The van der Waals surface area contributed by atoms with Crippen LogP contribution < -0.4 is 10.9 Å². The van der Waals surface area contributed by atoms with Crippen molar-refractivity contribution in [2.75, 3.05) is 11.9 Å². The van der Waals surface area contributed by atoms with Crippen LogP contribution in [0.1, 0.15) is 18.3 Å². The Kier molecular flexibility index (Phi) is 4.97. The van der Waals surface area contributed by atoms with Crippen molar-refractivity contribution in [1.82, 2.24) is 14.9 Å². The predicted octanol–water partition coefficient (Wildman–Crippen LogP) is 3.42. The lowest BCUT2D eigenvalue weighted by atomic mass is 10.2. The average molecular weight is 354 g/mol. The molecule has 0 saturated carbocycles. The van der Waals surface area contributed by atoms with E-state index in [1.54, 1.807) is 43.3 Å². The van der Waals surface area contributed by atoms with Crippen LogP contribution in [0.3, 0.4) is 0 Å². The molecule has 134 valence electrons. The van der Waals surface area contributed by atoms with Gasteiger partial charge in [-0.25, -0.2) is 14.2 Å². The molecule has 3 aromatic rings. The number of anilines is 1. The maximum Gasteiger partial charge on any atom is 0.322 e. The van der Waals surface area contributed by atoms with Gasteiger partial charge in [-0.05, 0) is 43.7 Å². The average Bonchev–Trinajstić information content (AvgIpc) is 2.62. The molecule has 6 nitrogen and oxygen atoms in total. The molecule has 0 bridgehead atoms. The van der Waals surface area contributed by atoms with Crippen molar-refractivity contribution in [2.24, 2.45) is 0 Å². The molecule has 0 aliphatic heterocycles. The Bertz CT molecular complexity index is 1020. The summed E-state index contributed by atoms with van der Waals surface area (Å²) in [6.07, 6.45) is 0. The highest BCUT2D eigenvalue weighted by Gasteiger charge is 2.15. The lowest BCUT2D eigenvalue weighted by Crippen LogP contribution is -2.35. The van der Waals surface area contributed by atoms with E-state index in [0.29, 0.717) is 34.5 Å². The second kappa shape index (κ2) is 7.35. The molecule has 0 aliphatic carbocycles. The number of carbonyl (C=O) groups excluding carboxylic acids is 1. The first-order valence-corrected chi connectivity index (χ1v) is 8.28. The number of aromatic amines is 1. The lowest BCUT2D eigenvalue weighted by Gasteiger charge is -2.21. The van der Waals surface area contributed by atoms with Crippen molar-refractivity contribution in [2.45, 2.75) is 20.4 Å². The van der Waals surface area contributed by atoms with E-state index in [9.17, 15) is 14.0 Å². The van der Waals surface area contributed by atoms with Crippen LogP contribution in [-0.4, -0.2) is 27.4 Å². The lowest BCUT2D eigenvalue weighted by molar-refractivity contribution is 0.211. The van der Waals surface area contributed by atoms with Crippen LogP contribution in [0.2, 0.25) is 0 Å². The molecule has 1 aromatic heterocycles. The Labute approximate surface area is 149 Å². The number of H-pyrrole nitrogens is 1. The Morgan fingerprint density at radius 3 is 2.77 bits per heavy atom. The van der Waals surface area contributed by atoms with Gasteiger partial charge in [-0.15, -0.1) is 0 Å². The minimum Gasteiger partial charge on any atom is -0.317 e. The van der Waals surface area contributed by atoms with Gasteiger partial charge in [-0.3, -0.25) is 4.79 Å². The molecule has 0 aliphatic rings. The van der Waals surface area contributed by atoms with Gasteiger partial charge in [0.15, 0.2) is 0 Å². The van der Waals surface area contributed by atoms with Gasteiger partial charge >= 0.3 is 6.03 Å². The number of nitrogens with zero attached hydrogens (tertiary/aromatic N) is 2. The minimum atomic E-state index is -0.397. The molecule has 0 spiro atoms. The third-order valence-electron chi connectivity index (χ3n) is 4.09. The van der Waals surface area contributed by atoms with Crippen molar-refractivity contribution in [3.05, 3.63) is 70.0 Å². The van der Waals surface area contributed by atoms with E-state index in [0.717, 1.165) is 0 Å². The van der Waals surface area contributed by atoms with Crippen LogP contribution in [0, 0.1) is 12.7 Å². The van der Waals surface area contributed by atoms with Crippen molar-refractivity contribution >= 4 is 22.6 Å². The SMILES string of the molecule is CCN(Cc1nc2ccccc2c(=O)[nH]1)C(=O)Nc1ccc(C)c(F)c1. The summed E-state index contributed by atoms with van der Waals surface area (Å²) in [6, 6.07) is 11.1. The van der Waals surface area contributed by atoms with Gasteiger partial charge in [-0.2, -0.15) is 0 Å². The summed E-state index contributed by atoms with van der Waals surface area (Å²) in [5.74, 6) is 0.00663. The number of urea groups is 1. The summed E-state index contributed by atoms with van der Waals surface area (Å²) in [7, 11) is 0. The normalized spacial score (nSPS) is 10.7. The number of fused-ring (bicyclic) bond motifs is 1. The van der Waals surface area contributed by atoms with Gasteiger partial charge in [0, 0.05) is 12.2 Å². The number of para-hydroxylation sites is 1. The Balaban J connectivity index is 1.79. The number of hydrogen-bond donors (Lipinski definition) is 2. The number of benzene rings is 2. The Morgan fingerprint density at radius 2 is 2.04 bits per heavy atom. The summed E-state index contributed by atoms with van der Waals surface area (Å²) in [6.45, 7) is 4.00. The molecule has 7 heteroatoms. The summed E-state index contributed by atoms with van der Waals surface area (Å²) >= 11 is 0. The smallest absolute Gasteiger partial charge is 0.317 e. The van der Waals surface area contributed by atoms with Crippen molar-refractivity contribution in [1.29, 1.82) is 0 Å². The van der Waals surface area contributed by atoms with Gasteiger partial charge in [0.05, 0.1) is 17.4 Å². The van der Waals surface area contributed by atoms with E-state index in [1.807, 2.05) is 6.92 Å². The van der Waals surface area contributed by atoms with Crippen molar-refractivity contribution < 1.29 is 9.18 Å². The van der Waals surface area contributed by atoms with Gasteiger partial charge in [0.2, 0.25) is 0 Å². The zero-order valence-corrected chi connectivity index (χ0v) is 14.5. The first-order valence-electron chi connectivity index (χ1n) is 8.28. The summed E-state index contributed by atoms with van der Waals surface area (Å²) in [5.41, 5.74) is 1.20.